The van der Waals surface area contributed by atoms with Gasteiger partial charge in [0, 0.05) is 5.02 Å². The van der Waals surface area contributed by atoms with Crippen molar-refractivity contribution in [2.24, 2.45) is 0 Å². The number of halogens is 2. The molecule has 10 heavy (non-hydrogen) atoms. The van der Waals surface area contributed by atoms with Crippen LogP contribution in [0.2, 0.25) is 5.02 Å². The summed E-state index contributed by atoms with van der Waals surface area (Å²) in [6.45, 7) is 1.91. The van der Waals surface area contributed by atoms with Crippen molar-refractivity contribution in [1.29, 1.82) is 0 Å². The highest BCUT2D eigenvalue weighted by Gasteiger charge is 2.03. The maximum absolute atomic E-state index is 5.83. The molecule has 1 rings (SSSR count). The van der Waals surface area contributed by atoms with Gasteiger partial charge in [-0.1, -0.05) is 29.8 Å². The van der Waals surface area contributed by atoms with Crippen LogP contribution in [0.15, 0.2) is 24.3 Å². The zero-order valence-corrected chi connectivity index (χ0v) is 7.15. The van der Waals surface area contributed by atoms with Crippen LogP contribution >= 0.6 is 23.2 Å². The Morgan fingerprint density at radius 2 is 1.90 bits per heavy atom. The van der Waals surface area contributed by atoms with Gasteiger partial charge >= 0.3 is 0 Å². The molecule has 0 aromatic heterocycles. The molecule has 54 valence electrons. The van der Waals surface area contributed by atoms with E-state index in [1.807, 2.05) is 31.2 Å². The minimum Gasteiger partial charge on any atom is -0.118 e. The Hall–Kier alpha value is -0.200. The van der Waals surface area contributed by atoms with Crippen LogP contribution in [0, 0.1) is 0 Å². The van der Waals surface area contributed by atoms with Crippen LogP contribution in [0.3, 0.4) is 0 Å². The third-order valence-corrected chi connectivity index (χ3v) is 1.91. The van der Waals surface area contributed by atoms with Gasteiger partial charge in [0.05, 0.1) is 5.38 Å². The van der Waals surface area contributed by atoms with E-state index >= 15 is 0 Å². The van der Waals surface area contributed by atoms with E-state index < -0.39 is 0 Å². The minimum atomic E-state index is -0.00583. The first kappa shape index (κ1) is 7.90. The summed E-state index contributed by atoms with van der Waals surface area (Å²) in [6, 6.07) is 7.60. The van der Waals surface area contributed by atoms with E-state index in [9.17, 15) is 0 Å². The smallest absolute Gasteiger partial charge is 0.0571 e. The molecule has 0 radical (unpaired) electrons. The van der Waals surface area contributed by atoms with Crippen LogP contribution < -0.4 is 0 Å². The molecule has 2 heteroatoms. The van der Waals surface area contributed by atoms with E-state index in [1.54, 1.807) is 0 Å². The van der Waals surface area contributed by atoms with Crippen LogP contribution in [0.4, 0.5) is 0 Å². The standard InChI is InChI=1S/C8H8Cl2/c1-6(9)7-4-2-3-5-8(7)10/h2-6H,1H3. The SMILES string of the molecule is CC(Cl)c1ccccc1Cl. The summed E-state index contributed by atoms with van der Waals surface area (Å²) in [5.41, 5.74) is 0.992. The van der Waals surface area contributed by atoms with E-state index in [1.165, 1.54) is 0 Å². The summed E-state index contributed by atoms with van der Waals surface area (Å²) in [4.78, 5) is 0. The second-order valence-corrected chi connectivity index (χ2v) is 3.20. The molecule has 0 fully saturated rings. The van der Waals surface area contributed by atoms with Gasteiger partial charge in [-0.3, -0.25) is 0 Å². The first-order valence-corrected chi connectivity index (χ1v) is 3.91. The molecule has 0 aliphatic heterocycles. The fourth-order valence-electron chi connectivity index (χ4n) is 0.798. The zero-order valence-electron chi connectivity index (χ0n) is 5.64. The van der Waals surface area contributed by atoms with Crippen molar-refractivity contribution in [3.05, 3.63) is 34.9 Å². The van der Waals surface area contributed by atoms with Gasteiger partial charge in [0.2, 0.25) is 0 Å². The topological polar surface area (TPSA) is 0 Å². The highest BCUT2D eigenvalue weighted by atomic mass is 35.5. The number of rotatable bonds is 1. The zero-order chi connectivity index (χ0) is 7.56. The lowest BCUT2D eigenvalue weighted by molar-refractivity contribution is 1.08. The fourth-order valence-corrected chi connectivity index (χ4v) is 1.34. The van der Waals surface area contributed by atoms with Crippen molar-refractivity contribution >= 4 is 23.2 Å². The lowest BCUT2D eigenvalue weighted by atomic mass is 10.2. The van der Waals surface area contributed by atoms with Gasteiger partial charge in [-0.15, -0.1) is 11.6 Å². The van der Waals surface area contributed by atoms with Gasteiger partial charge in [-0.25, -0.2) is 0 Å². The summed E-state index contributed by atoms with van der Waals surface area (Å²) >= 11 is 11.7. The molecule has 0 spiro atoms. The molecule has 0 aliphatic carbocycles. The van der Waals surface area contributed by atoms with Gasteiger partial charge in [0.25, 0.3) is 0 Å². The summed E-state index contributed by atoms with van der Waals surface area (Å²) in [7, 11) is 0. The first-order chi connectivity index (χ1) is 4.72. The van der Waals surface area contributed by atoms with Gasteiger partial charge in [0.1, 0.15) is 0 Å². The minimum absolute atomic E-state index is 0.00583. The van der Waals surface area contributed by atoms with Crippen LogP contribution in [-0.4, -0.2) is 0 Å². The maximum Gasteiger partial charge on any atom is 0.0571 e. The van der Waals surface area contributed by atoms with Crippen LogP contribution in [0.1, 0.15) is 17.9 Å². The Kier molecular flexibility index (Phi) is 2.58. The van der Waals surface area contributed by atoms with Crippen molar-refractivity contribution < 1.29 is 0 Å². The van der Waals surface area contributed by atoms with E-state index in [0.717, 1.165) is 10.6 Å². The Balaban J connectivity index is 3.03. The summed E-state index contributed by atoms with van der Waals surface area (Å²) < 4.78 is 0. The Morgan fingerprint density at radius 3 is 2.30 bits per heavy atom. The molecule has 0 N–H and O–H groups in total. The van der Waals surface area contributed by atoms with E-state index in [0.29, 0.717) is 0 Å². The van der Waals surface area contributed by atoms with Crippen LogP contribution in [0.25, 0.3) is 0 Å². The van der Waals surface area contributed by atoms with Gasteiger partial charge in [-0.05, 0) is 18.6 Å². The molecule has 0 nitrogen and oxygen atoms in total. The Labute approximate surface area is 70.8 Å². The predicted octanol–water partition coefficient (Wildman–Crippen LogP) is 3.64. The van der Waals surface area contributed by atoms with Crippen molar-refractivity contribution in [1.82, 2.24) is 0 Å². The first-order valence-electron chi connectivity index (χ1n) is 3.10. The second-order valence-electron chi connectivity index (χ2n) is 2.14. The third kappa shape index (κ3) is 1.65. The molecule has 1 aromatic rings. The summed E-state index contributed by atoms with van der Waals surface area (Å²) in [5.74, 6) is 0. The van der Waals surface area contributed by atoms with Crippen molar-refractivity contribution in [3.63, 3.8) is 0 Å². The van der Waals surface area contributed by atoms with Crippen molar-refractivity contribution in [2.45, 2.75) is 12.3 Å². The van der Waals surface area contributed by atoms with Gasteiger partial charge in [-0.2, -0.15) is 0 Å². The van der Waals surface area contributed by atoms with Crippen LogP contribution in [-0.2, 0) is 0 Å². The molecular weight excluding hydrogens is 167 g/mol. The number of alkyl halides is 1. The molecule has 0 amide bonds. The number of hydrogen-bond acceptors (Lipinski definition) is 0. The summed E-state index contributed by atoms with van der Waals surface area (Å²) in [6.07, 6.45) is 0. The molecule has 1 aromatic carbocycles. The number of benzene rings is 1. The maximum atomic E-state index is 5.83. The van der Waals surface area contributed by atoms with E-state index in [4.69, 9.17) is 23.2 Å². The van der Waals surface area contributed by atoms with Crippen molar-refractivity contribution in [2.75, 3.05) is 0 Å². The quantitative estimate of drug-likeness (QED) is 0.571. The Morgan fingerprint density at radius 1 is 1.30 bits per heavy atom. The van der Waals surface area contributed by atoms with Crippen molar-refractivity contribution in [3.8, 4) is 0 Å². The fraction of sp³-hybridized carbons (Fsp3) is 0.250. The predicted molar refractivity (Wildman–Crippen MR) is 45.7 cm³/mol. The highest BCUT2D eigenvalue weighted by Crippen LogP contribution is 2.26. The molecule has 0 heterocycles. The average Bonchev–Trinajstić information content (AvgIpc) is 1.88. The lowest BCUT2D eigenvalue weighted by Crippen LogP contribution is -1.83. The third-order valence-electron chi connectivity index (χ3n) is 1.33. The van der Waals surface area contributed by atoms with E-state index in [-0.39, 0.29) is 5.38 Å². The molecule has 1 unspecified atom stereocenters. The van der Waals surface area contributed by atoms with Crippen LogP contribution in [0.5, 0.6) is 0 Å². The molecule has 0 bridgehead atoms. The summed E-state index contributed by atoms with van der Waals surface area (Å²) in [5, 5.41) is 0.735. The van der Waals surface area contributed by atoms with Gasteiger partial charge < -0.3 is 0 Å². The number of hydrogen-bond donors (Lipinski definition) is 0. The lowest BCUT2D eigenvalue weighted by Gasteiger charge is -2.03. The highest BCUT2D eigenvalue weighted by molar-refractivity contribution is 6.32. The molecule has 0 aliphatic rings. The van der Waals surface area contributed by atoms with Gasteiger partial charge in [0.15, 0.2) is 0 Å². The average molecular weight is 175 g/mol. The second kappa shape index (κ2) is 3.27. The molecule has 1 atom stereocenters. The van der Waals surface area contributed by atoms with E-state index in [2.05, 4.69) is 0 Å². The Bertz CT molecular complexity index is 218. The molecular formula is C8H8Cl2. The largest absolute Gasteiger partial charge is 0.118 e. The monoisotopic (exact) mass is 174 g/mol. The molecule has 0 saturated carbocycles. The molecule has 0 saturated heterocycles. The normalized spacial score (nSPS) is 13.1.